The summed E-state index contributed by atoms with van der Waals surface area (Å²) in [7, 11) is 0. The van der Waals surface area contributed by atoms with Crippen molar-refractivity contribution in [1.29, 1.82) is 0 Å². The molecule has 208 valence electrons. The molecular formula is C32H32Cl2N2O4. The van der Waals surface area contributed by atoms with Crippen LogP contribution in [-0.4, -0.2) is 35.0 Å². The van der Waals surface area contributed by atoms with Gasteiger partial charge in [0.2, 0.25) is 11.8 Å². The maximum absolute atomic E-state index is 15.1. The second kappa shape index (κ2) is 10.2. The second-order valence-corrected chi connectivity index (χ2v) is 12.3. The molecule has 40 heavy (non-hydrogen) atoms. The molecule has 0 bridgehead atoms. The number of carbonyl (C=O) groups excluding carboxylic acids is 3. The zero-order valence-electron chi connectivity index (χ0n) is 23.2. The molecule has 3 atom stereocenters. The van der Waals surface area contributed by atoms with Crippen LogP contribution in [-0.2, 0) is 19.7 Å². The zero-order chi connectivity index (χ0) is 29.0. The molecule has 5 rings (SSSR count). The van der Waals surface area contributed by atoms with Crippen molar-refractivity contribution in [2.75, 3.05) is 11.4 Å². The summed E-state index contributed by atoms with van der Waals surface area (Å²) < 4.78 is 5.74. The average Bonchev–Trinajstić information content (AvgIpc) is 3.12. The minimum atomic E-state index is -1.36. The standard InChI is InChI=1S/C32H32Cl2N2O4/c1-6-35-27(37)18-25(20-11-9-12-21(33)16-20)32(28(35)23-13-8-7-10-19(23)2)24-15-14-22(34)17-26(24)36(29(32)38)30(39)40-31(3,4)5/h7-17,25,28H,6,18H2,1-5H3/t25-,28+,32-/m0/s1. The van der Waals surface area contributed by atoms with Gasteiger partial charge in [-0.2, -0.15) is 0 Å². The van der Waals surface area contributed by atoms with Gasteiger partial charge in [-0.05, 0) is 81.1 Å². The van der Waals surface area contributed by atoms with E-state index in [1.807, 2.05) is 56.3 Å². The van der Waals surface area contributed by atoms with E-state index < -0.39 is 35.0 Å². The summed E-state index contributed by atoms with van der Waals surface area (Å²) in [5.74, 6) is -1.15. The molecule has 0 radical (unpaired) electrons. The molecule has 0 N–H and O–H groups in total. The van der Waals surface area contributed by atoms with E-state index in [0.717, 1.165) is 21.6 Å². The van der Waals surface area contributed by atoms with Gasteiger partial charge in [0, 0.05) is 28.9 Å². The fourth-order valence-corrected chi connectivity index (χ4v) is 6.71. The predicted molar refractivity (Wildman–Crippen MR) is 157 cm³/mol. The number of aryl methyl sites for hydroxylation is 1. The Labute approximate surface area is 244 Å². The van der Waals surface area contributed by atoms with Crippen LogP contribution in [0.15, 0.2) is 66.7 Å². The van der Waals surface area contributed by atoms with Gasteiger partial charge in [-0.1, -0.05) is 65.7 Å². The monoisotopic (exact) mass is 578 g/mol. The van der Waals surface area contributed by atoms with E-state index in [9.17, 15) is 9.59 Å². The third-order valence-electron chi connectivity index (χ3n) is 7.85. The number of carbonyl (C=O) groups is 3. The Hall–Kier alpha value is -3.35. The molecule has 0 unspecified atom stereocenters. The normalized spacial score (nSPS) is 22.6. The van der Waals surface area contributed by atoms with Crippen molar-refractivity contribution in [2.24, 2.45) is 0 Å². The van der Waals surface area contributed by atoms with Crippen LogP contribution in [0, 0.1) is 6.92 Å². The lowest BCUT2D eigenvalue weighted by atomic mass is 9.58. The summed E-state index contributed by atoms with van der Waals surface area (Å²) in [4.78, 5) is 45.6. The molecule has 3 aromatic carbocycles. The van der Waals surface area contributed by atoms with Crippen molar-refractivity contribution >= 4 is 46.8 Å². The lowest BCUT2D eigenvalue weighted by Gasteiger charge is -2.52. The number of ether oxygens (including phenoxy) is 1. The van der Waals surface area contributed by atoms with Gasteiger partial charge in [0.25, 0.3) is 0 Å². The first-order valence-electron chi connectivity index (χ1n) is 13.4. The number of likely N-dealkylation sites (N-methyl/N-ethyl adjacent to an activating group) is 1. The maximum atomic E-state index is 15.1. The Kier molecular flexibility index (Phi) is 7.22. The van der Waals surface area contributed by atoms with Crippen molar-refractivity contribution in [3.05, 3.63) is 99.0 Å². The highest BCUT2D eigenvalue weighted by atomic mass is 35.5. The molecule has 0 aliphatic carbocycles. The van der Waals surface area contributed by atoms with Crippen LogP contribution in [0.4, 0.5) is 10.5 Å². The van der Waals surface area contributed by atoms with E-state index in [1.165, 1.54) is 0 Å². The first-order chi connectivity index (χ1) is 18.9. The molecule has 1 spiro atoms. The average molecular weight is 580 g/mol. The number of benzene rings is 3. The van der Waals surface area contributed by atoms with Crippen molar-refractivity contribution in [3.63, 3.8) is 0 Å². The number of nitrogens with zero attached hydrogens (tertiary/aromatic N) is 2. The van der Waals surface area contributed by atoms with Gasteiger partial charge in [-0.25, -0.2) is 9.69 Å². The Morgan fingerprint density at radius 2 is 1.70 bits per heavy atom. The quantitative estimate of drug-likeness (QED) is 0.321. The highest BCUT2D eigenvalue weighted by Gasteiger charge is 2.66. The van der Waals surface area contributed by atoms with E-state index in [1.54, 1.807) is 49.9 Å². The Morgan fingerprint density at radius 3 is 2.35 bits per heavy atom. The van der Waals surface area contributed by atoms with Crippen LogP contribution in [0.3, 0.4) is 0 Å². The molecule has 1 fully saturated rings. The molecular weight excluding hydrogens is 547 g/mol. The van der Waals surface area contributed by atoms with Crippen molar-refractivity contribution in [2.45, 2.75) is 64.0 Å². The van der Waals surface area contributed by atoms with Crippen LogP contribution in [0.25, 0.3) is 0 Å². The molecule has 0 aromatic heterocycles. The molecule has 6 nitrogen and oxygen atoms in total. The maximum Gasteiger partial charge on any atom is 0.421 e. The van der Waals surface area contributed by atoms with Crippen LogP contribution in [0.2, 0.25) is 10.0 Å². The van der Waals surface area contributed by atoms with E-state index in [-0.39, 0.29) is 12.3 Å². The predicted octanol–water partition coefficient (Wildman–Crippen LogP) is 7.60. The minimum Gasteiger partial charge on any atom is -0.443 e. The molecule has 3 amide bonds. The van der Waals surface area contributed by atoms with Crippen LogP contribution in [0.1, 0.15) is 68.3 Å². The Morgan fingerprint density at radius 1 is 1.00 bits per heavy atom. The van der Waals surface area contributed by atoms with Gasteiger partial charge >= 0.3 is 6.09 Å². The number of anilines is 1. The Bertz CT molecular complexity index is 1510. The lowest BCUT2D eigenvalue weighted by molar-refractivity contribution is -0.145. The van der Waals surface area contributed by atoms with Gasteiger partial charge in [0.1, 0.15) is 11.0 Å². The molecule has 2 heterocycles. The highest BCUT2D eigenvalue weighted by molar-refractivity contribution is 6.32. The van der Waals surface area contributed by atoms with E-state index in [4.69, 9.17) is 27.9 Å². The summed E-state index contributed by atoms with van der Waals surface area (Å²) in [5, 5.41) is 0.874. The molecule has 1 saturated heterocycles. The number of likely N-dealkylation sites (tertiary alicyclic amines) is 1. The number of rotatable bonds is 3. The third-order valence-corrected chi connectivity index (χ3v) is 8.32. The zero-order valence-corrected chi connectivity index (χ0v) is 24.7. The smallest absolute Gasteiger partial charge is 0.421 e. The van der Waals surface area contributed by atoms with E-state index >= 15 is 4.79 Å². The summed E-state index contributed by atoms with van der Waals surface area (Å²) in [6.07, 6.45) is -0.724. The first-order valence-corrected chi connectivity index (χ1v) is 14.1. The number of amides is 3. The van der Waals surface area contributed by atoms with Gasteiger partial charge < -0.3 is 9.64 Å². The van der Waals surface area contributed by atoms with Gasteiger partial charge in [0.05, 0.1) is 11.7 Å². The van der Waals surface area contributed by atoms with E-state index in [0.29, 0.717) is 27.8 Å². The molecule has 2 aliphatic heterocycles. The van der Waals surface area contributed by atoms with E-state index in [2.05, 4.69) is 0 Å². The van der Waals surface area contributed by atoms with Crippen molar-refractivity contribution in [3.8, 4) is 0 Å². The van der Waals surface area contributed by atoms with Crippen LogP contribution >= 0.6 is 23.2 Å². The summed E-state index contributed by atoms with van der Waals surface area (Å²) in [6, 6.07) is 19.5. The summed E-state index contributed by atoms with van der Waals surface area (Å²) in [5.41, 5.74) is 1.30. The fourth-order valence-electron chi connectivity index (χ4n) is 6.34. The van der Waals surface area contributed by atoms with Crippen LogP contribution < -0.4 is 4.90 Å². The Balaban J connectivity index is 1.88. The number of imide groups is 1. The number of fused-ring (bicyclic) bond motifs is 2. The molecule has 8 heteroatoms. The molecule has 0 saturated carbocycles. The number of hydrogen-bond acceptors (Lipinski definition) is 4. The topological polar surface area (TPSA) is 66.9 Å². The van der Waals surface area contributed by atoms with Crippen molar-refractivity contribution < 1.29 is 19.1 Å². The molecule has 3 aromatic rings. The van der Waals surface area contributed by atoms with Crippen molar-refractivity contribution in [1.82, 2.24) is 4.90 Å². The lowest BCUT2D eigenvalue weighted by Crippen LogP contribution is -2.60. The number of hydrogen-bond donors (Lipinski definition) is 0. The van der Waals surface area contributed by atoms with Gasteiger partial charge in [-0.15, -0.1) is 0 Å². The number of halogens is 2. The van der Waals surface area contributed by atoms with Crippen LogP contribution in [0.5, 0.6) is 0 Å². The summed E-state index contributed by atoms with van der Waals surface area (Å²) in [6.45, 7) is 9.52. The van der Waals surface area contributed by atoms with Gasteiger partial charge in [0.15, 0.2) is 0 Å². The minimum absolute atomic E-state index is 0.0620. The van der Waals surface area contributed by atoms with Gasteiger partial charge in [-0.3, -0.25) is 9.59 Å². The largest absolute Gasteiger partial charge is 0.443 e. The third kappa shape index (κ3) is 4.47. The molecule has 2 aliphatic rings. The SMILES string of the molecule is CCN1C(=O)C[C@@H](c2cccc(Cl)c2)[C@]2(C(=O)N(C(=O)OC(C)(C)C)c3cc(Cl)ccc32)[C@H]1c1ccccc1C. The number of piperidine rings is 1. The summed E-state index contributed by atoms with van der Waals surface area (Å²) >= 11 is 12.9. The second-order valence-electron chi connectivity index (χ2n) is 11.4. The first kappa shape index (κ1) is 28.2. The fraction of sp³-hybridized carbons (Fsp3) is 0.344. The highest BCUT2D eigenvalue weighted by Crippen LogP contribution is 2.62.